The van der Waals surface area contributed by atoms with Crippen LogP contribution in [0.4, 0.5) is 5.69 Å². The number of thioether (sulfide) groups is 1. The Morgan fingerprint density at radius 1 is 1.18 bits per heavy atom. The van der Waals surface area contributed by atoms with Gasteiger partial charge in [0.2, 0.25) is 5.16 Å². The monoisotopic (exact) mass is 481 g/mol. The number of ether oxygens (including phenoxy) is 1. The van der Waals surface area contributed by atoms with Crippen molar-refractivity contribution in [2.45, 2.75) is 45.3 Å². The van der Waals surface area contributed by atoms with E-state index in [0.29, 0.717) is 46.4 Å². The Bertz CT molecular complexity index is 1360. The second-order valence-electron chi connectivity index (χ2n) is 7.49. The Balaban J connectivity index is 1.42. The van der Waals surface area contributed by atoms with E-state index < -0.39 is 4.92 Å². The SMILES string of the molecule is Cc1ccccc1OCc1ccc(C=Nn2c(C)nnc2SCn2nc(C)c([N+](=O)[O-])c2C)o1. The van der Waals surface area contributed by atoms with E-state index in [2.05, 4.69) is 20.4 Å². The Labute approximate surface area is 199 Å². The Hall–Kier alpha value is -3.93. The van der Waals surface area contributed by atoms with Gasteiger partial charge in [-0.3, -0.25) is 14.8 Å². The van der Waals surface area contributed by atoms with Crippen molar-refractivity contribution in [1.29, 1.82) is 0 Å². The fourth-order valence-electron chi connectivity index (χ4n) is 3.28. The van der Waals surface area contributed by atoms with Gasteiger partial charge >= 0.3 is 5.69 Å². The first kappa shape index (κ1) is 23.2. The standard InChI is InChI=1S/C22H23N7O4S/c1-14-7-5-6-8-20(14)32-12-19-10-9-18(33-19)11-23-28-17(4)24-25-22(28)34-13-27-16(3)21(29(30)31)15(2)26-27/h5-11H,12-13H2,1-4H3. The number of aryl methyl sites for hydroxylation is 3. The lowest BCUT2D eigenvalue weighted by atomic mass is 10.2. The van der Waals surface area contributed by atoms with Crippen LogP contribution in [0.5, 0.6) is 5.75 Å². The number of furan rings is 1. The van der Waals surface area contributed by atoms with Gasteiger partial charge in [-0.15, -0.1) is 10.2 Å². The summed E-state index contributed by atoms with van der Waals surface area (Å²) in [7, 11) is 0. The van der Waals surface area contributed by atoms with Crippen molar-refractivity contribution >= 4 is 23.7 Å². The normalized spacial score (nSPS) is 11.4. The van der Waals surface area contributed by atoms with E-state index in [4.69, 9.17) is 9.15 Å². The van der Waals surface area contributed by atoms with Crippen molar-refractivity contribution in [3.63, 3.8) is 0 Å². The molecule has 0 aliphatic heterocycles. The van der Waals surface area contributed by atoms with Crippen molar-refractivity contribution in [2.24, 2.45) is 5.10 Å². The van der Waals surface area contributed by atoms with Gasteiger partial charge in [0, 0.05) is 0 Å². The number of benzene rings is 1. The molecular weight excluding hydrogens is 458 g/mol. The fourth-order valence-corrected chi connectivity index (χ4v) is 4.17. The molecule has 12 heteroatoms. The molecule has 4 rings (SSSR count). The van der Waals surface area contributed by atoms with Crippen LogP contribution in [0, 0.1) is 37.8 Å². The summed E-state index contributed by atoms with van der Waals surface area (Å²) in [5.74, 6) is 2.96. The lowest BCUT2D eigenvalue weighted by Gasteiger charge is -2.06. The predicted molar refractivity (Wildman–Crippen MR) is 126 cm³/mol. The first-order valence-corrected chi connectivity index (χ1v) is 11.4. The van der Waals surface area contributed by atoms with Gasteiger partial charge in [-0.1, -0.05) is 30.0 Å². The van der Waals surface area contributed by atoms with Crippen LogP contribution in [0.25, 0.3) is 0 Å². The second kappa shape index (κ2) is 9.91. The van der Waals surface area contributed by atoms with E-state index in [1.54, 1.807) is 36.3 Å². The summed E-state index contributed by atoms with van der Waals surface area (Å²) in [4.78, 5) is 10.8. The van der Waals surface area contributed by atoms with Gasteiger partial charge in [-0.2, -0.15) is 14.9 Å². The van der Waals surface area contributed by atoms with Gasteiger partial charge < -0.3 is 9.15 Å². The summed E-state index contributed by atoms with van der Waals surface area (Å²) in [5.41, 5.74) is 1.94. The number of aromatic nitrogens is 5. The predicted octanol–water partition coefficient (Wildman–Crippen LogP) is 4.42. The number of rotatable bonds is 9. The molecule has 0 unspecified atom stereocenters. The Morgan fingerprint density at radius 3 is 2.71 bits per heavy atom. The summed E-state index contributed by atoms with van der Waals surface area (Å²) in [5, 5.41) is 28.7. The number of nitro groups is 1. The van der Waals surface area contributed by atoms with Crippen molar-refractivity contribution in [3.8, 4) is 5.75 Å². The average molecular weight is 482 g/mol. The van der Waals surface area contributed by atoms with E-state index in [-0.39, 0.29) is 5.69 Å². The topological polar surface area (TPSA) is 126 Å². The summed E-state index contributed by atoms with van der Waals surface area (Å²) in [6.07, 6.45) is 1.58. The lowest BCUT2D eigenvalue weighted by Crippen LogP contribution is -2.02. The van der Waals surface area contributed by atoms with Crippen molar-refractivity contribution in [2.75, 3.05) is 0 Å². The van der Waals surface area contributed by atoms with Crippen LogP contribution in [-0.4, -0.2) is 35.8 Å². The maximum atomic E-state index is 11.2. The molecule has 0 spiro atoms. The smallest absolute Gasteiger partial charge is 0.312 e. The zero-order valence-corrected chi connectivity index (χ0v) is 19.9. The molecule has 3 aromatic heterocycles. The van der Waals surface area contributed by atoms with Crippen LogP contribution < -0.4 is 4.74 Å². The highest BCUT2D eigenvalue weighted by Crippen LogP contribution is 2.26. The number of hydrogen-bond acceptors (Lipinski definition) is 9. The van der Waals surface area contributed by atoms with Crippen LogP contribution in [0.1, 0.15) is 34.3 Å². The maximum absolute atomic E-state index is 11.2. The van der Waals surface area contributed by atoms with Gasteiger partial charge in [0.15, 0.2) is 5.82 Å². The van der Waals surface area contributed by atoms with Gasteiger partial charge in [-0.05, 0) is 51.5 Å². The quantitative estimate of drug-likeness (QED) is 0.149. The molecule has 0 aliphatic rings. The van der Waals surface area contributed by atoms with Crippen molar-refractivity contribution in [1.82, 2.24) is 24.7 Å². The van der Waals surface area contributed by atoms with E-state index in [1.165, 1.54) is 11.8 Å². The van der Waals surface area contributed by atoms with E-state index in [0.717, 1.165) is 11.3 Å². The van der Waals surface area contributed by atoms with Crippen LogP contribution in [0.15, 0.2) is 51.1 Å². The molecule has 4 aromatic rings. The third-order valence-electron chi connectivity index (χ3n) is 5.06. The molecule has 11 nitrogen and oxygen atoms in total. The number of para-hydroxylation sites is 1. The van der Waals surface area contributed by atoms with Gasteiger partial charge in [-0.25, -0.2) is 0 Å². The minimum absolute atomic E-state index is 0.0243. The minimum Gasteiger partial charge on any atom is -0.485 e. The highest BCUT2D eigenvalue weighted by Gasteiger charge is 2.22. The molecule has 0 amide bonds. The van der Waals surface area contributed by atoms with E-state index in [1.807, 2.05) is 43.3 Å². The Morgan fingerprint density at radius 2 is 1.97 bits per heavy atom. The second-order valence-corrected chi connectivity index (χ2v) is 8.41. The average Bonchev–Trinajstić information content (AvgIpc) is 3.47. The first-order chi connectivity index (χ1) is 16.3. The molecule has 0 fully saturated rings. The van der Waals surface area contributed by atoms with E-state index in [9.17, 15) is 10.1 Å². The summed E-state index contributed by atoms with van der Waals surface area (Å²) in [6.45, 7) is 7.37. The molecule has 176 valence electrons. The van der Waals surface area contributed by atoms with Gasteiger partial charge in [0.25, 0.3) is 0 Å². The molecular formula is C22H23N7O4S. The molecule has 0 saturated heterocycles. The molecule has 0 atom stereocenters. The third-order valence-corrected chi connectivity index (χ3v) is 5.94. The van der Waals surface area contributed by atoms with Crippen LogP contribution in [0.3, 0.4) is 0 Å². The first-order valence-electron chi connectivity index (χ1n) is 10.4. The maximum Gasteiger partial charge on any atom is 0.312 e. The largest absolute Gasteiger partial charge is 0.485 e. The van der Waals surface area contributed by atoms with Gasteiger partial charge in [0.1, 0.15) is 35.3 Å². The highest BCUT2D eigenvalue weighted by atomic mass is 32.2. The van der Waals surface area contributed by atoms with Crippen LogP contribution in [-0.2, 0) is 12.5 Å². The molecule has 0 aliphatic carbocycles. The molecule has 0 bridgehead atoms. The van der Waals surface area contributed by atoms with Crippen LogP contribution in [0.2, 0.25) is 0 Å². The number of hydrogen-bond donors (Lipinski definition) is 0. The molecule has 1 aromatic carbocycles. The summed E-state index contributed by atoms with van der Waals surface area (Å²) in [6, 6.07) is 11.4. The summed E-state index contributed by atoms with van der Waals surface area (Å²) >= 11 is 1.32. The number of nitrogens with zero attached hydrogens (tertiary/aromatic N) is 7. The molecule has 0 saturated carbocycles. The third kappa shape index (κ3) is 5.01. The molecule has 0 N–H and O–H groups in total. The fraction of sp³-hybridized carbons (Fsp3) is 0.273. The van der Waals surface area contributed by atoms with E-state index >= 15 is 0 Å². The van der Waals surface area contributed by atoms with Crippen LogP contribution >= 0.6 is 11.8 Å². The Kier molecular flexibility index (Phi) is 6.77. The summed E-state index contributed by atoms with van der Waals surface area (Å²) < 4.78 is 14.8. The highest BCUT2D eigenvalue weighted by molar-refractivity contribution is 7.98. The van der Waals surface area contributed by atoms with Gasteiger partial charge in [0.05, 0.1) is 17.0 Å². The minimum atomic E-state index is -0.417. The van der Waals surface area contributed by atoms with Crippen molar-refractivity contribution in [3.05, 3.63) is 80.8 Å². The molecule has 3 heterocycles. The molecule has 0 radical (unpaired) electrons. The lowest BCUT2D eigenvalue weighted by molar-refractivity contribution is -0.386. The molecule has 34 heavy (non-hydrogen) atoms. The zero-order chi connectivity index (χ0) is 24.2. The zero-order valence-electron chi connectivity index (χ0n) is 19.1. The van der Waals surface area contributed by atoms with Crippen molar-refractivity contribution < 1.29 is 14.1 Å².